The lowest BCUT2D eigenvalue weighted by Gasteiger charge is -2.20. The molecule has 1 heterocycles. The lowest BCUT2D eigenvalue weighted by molar-refractivity contribution is 0.0527. The molecule has 5 nitrogen and oxygen atoms in total. The van der Waals surface area contributed by atoms with E-state index in [9.17, 15) is 4.79 Å². The van der Waals surface area contributed by atoms with Gasteiger partial charge in [-0.05, 0) is 66.1 Å². The Morgan fingerprint density at radius 1 is 1.26 bits per heavy atom. The van der Waals surface area contributed by atoms with E-state index in [1.807, 2.05) is 20.8 Å². The van der Waals surface area contributed by atoms with Gasteiger partial charge in [0.15, 0.2) is 0 Å². The highest BCUT2D eigenvalue weighted by atomic mass is 16.6. The summed E-state index contributed by atoms with van der Waals surface area (Å²) in [5, 5.41) is 9.73. The molecule has 1 rings (SSSR count). The van der Waals surface area contributed by atoms with Crippen LogP contribution in [0.2, 0.25) is 0 Å². The molecule has 1 amide bonds. The van der Waals surface area contributed by atoms with E-state index in [2.05, 4.69) is 16.0 Å². The summed E-state index contributed by atoms with van der Waals surface area (Å²) in [5.74, 6) is 0. The molecule has 0 saturated carbocycles. The Balaban J connectivity index is 2.00. The maximum absolute atomic E-state index is 11.4. The molecule has 0 radical (unpaired) electrons. The largest absolute Gasteiger partial charge is 0.444 e. The molecule has 1 atom stereocenters. The maximum Gasteiger partial charge on any atom is 0.407 e. The number of alkyl carbamates (subject to hydrolysis) is 1. The van der Waals surface area contributed by atoms with Gasteiger partial charge in [-0.15, -0.1) is 0 Å². The summed E-state index contributed by atoms with van der Waals surface area (Å²) in [6.07, 6.45) is 4.29. The number of hydrogen-bond donors (Lipinski definition) is 3. The van der Waals surface area contributed by atoms with Crippen molar-refractivity contribution in [1.82, 2.24) is 16.0 Å². The molecule has 3 N–H and O–H groups in total. The minimum Gasteiger partial charge on any atom is -0.444 e. The highest BCUT2D eigenvalue weighted by molar-refractivity contribution is 5.67. The van der Waals surface area contributed by atoms with Gasteiger partial charge in [0.2, 0.25) is 0 Å². The second kappa shape index (κ2) is 8.38. The zero-order valence-corrected chi connectivity index (χ0v) is 12.6. The first kappa shape index (κ1) is 16.2. The third kappa shape index (κ3) is 8.83. The second-order valence-corrected chi connectivity index (χ2v) is 6.11. The molecule has 1 aliphatic heterocycles. The first-order chi connectivity index (χ1) is 8.97. The van der Waals surface area contributed by atoms with Gasteiger partial charge in [-0.3, -0.25) is 0 Å². The van der Waals surface area contributed by atoms with Gasteiger partial charge in [-0.25, -0.2) is 4.79 Å². The van der Waals surface area contributed by atoms with E-state index < -0.39 is 5.60 Å². The molecule has 0 aromatic rings. The molecular weight excluding hydrogens is 242 g/mol. The van der Waals surface area contributed by atoms with Crippen LogP contribution in [0.15, 0.2) is 0 Å². The van der Waals surface area contributed by atoms with E-state index in [4.69, 9.17) is 4.74 Å². The molecule has 0 aromatic heterocycles. The Hall–Kier alpha value is -0.810. The summed E-state index contributed by atoms with van der Waals surface area (Å²) >= 11 is 0. The summed E-state index contributed by atoms with van der Waals surface area (Å²) < 4.78 is 5.17. The third-order valence-electron chi connectivity index (χ3n) is 3.03. The van der Waals surface area contributed by atoms with E-state index >= 15 is 0 Å². The summed E-state index contributed by atoms with van der Waals surface area (Å²) in [7, 11) is 0. The molecule has 0 aliphatic carbocycles. The molecule has 0 bridgehead atoms. The standard InChI is InChI=1S/C14H29N3O2/c1-14(2,3)19-13(18)17-10-5-9-16-12-6-4-8-15-11-7-12/h12,15-16H,4-11H2,1-3H3,(H,17,18). The van der Waals surface area contributed by atoms with E-state index in [0.717, 1.165) is 26.1 Å². The fraction of sp³-hybridized carbons (Fsp3) is 0.929. The maximum atomic E-state index is 11.4. The first-order valence-corrected chi connectivity index (χ1v) is 7.38. The van der Waals surface area contributed by atoms with Crippen molar-refractivity contribution in [2.45, 2.75) is 58.1 Å². The van der Waals surface area contributed by atoms with Crippen LogP contribution in [0.5, 0.6) is 0 Å². The lowest BCUT2D eigenvalue weighted by atomic mass is 10.1. The van der Waals surface area contributed by atoms with Gasteiger partial charge in [0, 0.05) is 12.6 Å². The number of hydrogen-bond acceptors (Lipinski definition) is 4. The minimum atomic E-state index is -0.421. The van der Waals surface area contributed by atoms with E-state index in [1.54, 1.807) is 0 Å². The first-order valence-electron chi connectivity index (χ1n) is 7.38. The van der Waals surface area contributed by atoms with Crippen LogP contribution in [0, 0.1) is 0 Å². The average Bonchev–Trinajstić information content (AvgIpc) is 2.54. The average molecular weight is 271 g/mol. The number of rotatable bonds is 5. The van der Waals surface area contributed by atoms with Crippen LogP contribution in [0.1, 0.15) is 46.5 Å². The summed E-state index contributed by atoms with van der Waals surface area (Å²) in [6, 6.07) is 0.622. The SMILES string of the molecule is CC(C)(C)OC(=O)NCCCNC1CCCNCC1. The van der Waals surface area contributed by atoms with Gasteiger partial charge in [0.1, 0.15) is 5.60 Å². The third-order valence-corrected chi connectivity index (χ3v) is 3.03. The fourth-order valence-corrected chi connectivity index (χ4v) is 2.12. The Morgan fingerprint density at radius 3 is 2.79 bits per heavy atom. The van der Waals surface area contributed by atoms with Gasteiger partial charge in [0.05, 0.1) is 0 Å². The van der Waals surface area contributed by atoms with Crippen molar-refractivity contribution >= 4 is 6.09 Å². The smallest absolute Gasteiger partial charge is 0.407 e. The summed E-state index contributed by atoms with van der Waals surface area (Å²) in [4.78, 5) is 11.4. The van der Waals surface area contributed by atoms with Gasteiger partial charge < -0.3 is 20.7 Å². The molecule has 5 heteroatoms. The molecule has 0 spiro atoms. The second-order valence-electron chi connectivity index (χ2n) is 6.11. The predicted molar refractivity (Wildman–Crippen MR) is 77.4 cm³/mol. The Labute approximate surface area is 116 Å². The highest BCUT2D eigenvalue weighted by Gasteiger charge is 2.15. The minimum absolute atomic E-state index is 0.328. The van der Waals surface area contributed by atoms with Crippen LogP contribution in [-0.4, -0.2) is 43.9 Å². The van der Waals surface area contributed by atoms with E-state index in [-0.39, 0.29) is 6.09 Å². The van der Waals surface area contributed by atoms with Crippen LogP contribution in [0.4, 0.5) is 4.79 Å². The number of amides is 1. The van der Waals surface area contributed by atoms with Gasteiger partial charge in [-0.2, -0.15) is 0 Å². The summed E-state index contributed by atoms with van der Waals surface area (Å²) in [6.45, 7) is 9.45. The van der Waals surface area contributed by atoms with Crippen molar-refractivity contribution in [1.29, 1.82) is 0 Å². The zero-order valence-electron chi connectivity index (χ0n) is 12.6. The quantitative estimate of drug-likeness (QED) is 0.665. The van der Waals surface area contributed by atoms with Gasteiger partial charge in [0.25, 0.3) is 0 Å². The van der Waals surface area contributed by atoms with Crippen LogP contribution < -0.4 is 16.0 Å². The number of nitrogens with one attached hydrogen (secondary N) is 3. The van der Waals surface area contributed by atoms with E-state index in [0.29, 0.717) is 12.6 Å². The normalized spacial score (nSPS) is 20.7. The van der Waals surface area contributed by atoms with Crippen molar-refractivity contribution in [3.63, 3.8) is 0 Å². The monoisotopic (exact) mass is 271 g/mol. The number of carbonyl (C=O) groups excluding carboxylic acids is 1. The Kier molecular flexibility index (Phi) is 7.16. The lowest BCUT2D eigenvalue weighted by Crippen LogP contribution is -2.35. The molecule has 0 aromatic carbocycles. The van der Waals surface area contributed by atoms with Crippen LogP contribution in [0.25, 0.3) is 0 Å². The summed E-state index contributed by atoms with van der Waals surface area (Å²) in [5.41, 5.74) is -0.421. The van der Waals surface area contributed by atoms with Crippen molar-refractivity contribution in [3.8, 4) is 0 Å². The highest BCUT2D eigenvalue weighted by Crippen LogP contribution is 2.06. The number of ether oxygens (including phenoxy) is 1. The molecule has 1 saturated heterocycles. The van der Waals surface area contributed by atoms with Crippen LogP contribution >= 0.6 is 0 Å². The molecule has 112 valence electrons. The van der Waals surface area contributed by atoms with E-state index in [1.165, 1.54) is 19.3 Å². The van der Waals surface area contributed by atoms with Crippen molar-refractivity contribution in [2.75, 3.05) is 26.2 Å². The topological polar surface area (TPSA) is 62.4 Å². The van der Waals surface area contributed by atoms with Gasteiger partial charge >= 0.3 is 6.09 Å². The van der Waals surface area contributed by atoms with Gasteiger partial charge in [-0.1, -0.05) is 0 Å². The van der Waals surface area contributed by atoms with Crippen LogP contribution in [0.3, 0.4) is 0 Å². The molecular formula is C14H29N3O2. The number of carbonyl (C=O) groups is 1. The zero-order chi connectivity index (χ0) is 14.1. The van der Waals surface area contributed by atoms with Crippen molar-refractivity contribution < 1.29 is 9.53 Å². The predicted octanol–water partition coefficient (Wildman–Crippen LogP) is 1.63. The molecule has 1 aliphatic rings. The van der Waals surface area contributed by atoms with Crippen molar-refractivity contribution in [3.05, 3.63) is 0 Å². The molecule has 1 unspecified atom stereocenters. The molecule has 19 heavy (non-hydrogen) atoms. The Morgan fingerprint density at radius 2 is 2.05 bits per heavy atom. The Bertz CT molecular complexity index is 256. The fourth-order valence-electron chi connectivity index (χ4n) is 2.12. The molecule has 1 fully saturated rings. The van der Waals surface area contributed by atoms with Crippen molar-refractivity contribution in [2.24, 2.45) is 0 Å². The van der Waals surface area contributed by atoms with Crippen LogP contribution in [-0.2, 0) is 4.74 Å².